The average molecular weight is 304 g/mol. The minimum atomic E-state index is 0. The fourth-order valence-electron chi connectivity index (χ4n) is 2.51. The topological polar surface area (TPSA) is 59.2 Å². The number of halogens is 1. The fraction of sp³-hybridized carbons (Fsp3) is 0.692. The molecule has 0 aliphatic heterocycles. The number of nitrogens with zero attached hydrogens (tertiary/aromatic N) is 2. The van der Waals surface area contributed by atoms with Crippen molar-refractivity contribution in [3.05, 3.63) is 16.1 Å². The Bertz CT molecular complexity index is 404. The molecule has 19 heavy (non-hydrogen) atoms. The molecule has 1 aromatic rings. The van der Waals surface area contributed by atoms with Gasteiger partial charge in [0.2, 0.25) is 0 Å². The Morgan fingerprint density at radius 1 is 1.53 bits per heavy atom. The standard InChI is InChI=1S/C13H21N3OS.ClH/c1-16(8-10-4-2-3-5-10)13(17)11-9-18-12(15-11)6-7-14;/h9-10H,2-8,14H2,1H3;1H. The summed E-state index contributed by atoms with van der Waals surface area (Å²) in [6.45, 7) is 1.45. The van der Waals surface area contributed by atoms with Crippen molar-refractivity contribution in [3.8, 4) is 0 Å². The van der Waals surface area contributed by atoms with E-state index in [2.05, 4.69) is 4.98 Å². The van der Waals surface area contributed by atoms with E-state index < -0.39 is 0 Å². The Balaban J connectivity index is 0.00000180. The van der Waals surface area contributed by atoms with Gasteiger partial charge in [0.15, 0.2) is 0 Å². The van der Waals surface area contributed by atoms with E-state index in [1.807, 2.05) is 17.3 Å². The molecule has 1 amide bonds. The van der Waals surface area contributed by atoms with Crippen molar-refractivity contribution in [2.45, 2.75) is 32.1 Å². The first kappa shape index (κ1) is 16.4. The predicted molar refractivity (Wildman–Crippen MR) is 81.0 cm³/mol. The van der Waals surface area contributed by atoms with Gasteiger partial charge in [0.25, 0.3) is 5.91 Å². The monoisotopic (exact) mass is 303 g/mol. The second-order valence-corrected chi connectivity index (χ2v) is 5.94. The van der Waals surface area contributed by atoms with Crippen LogP contribution >= 0.6 is 23.7 Å². The van der Waals surface area contributed by atoms with Gasteiger partial charge in [0.05, 0.1) is 5.01 Å². The van der Waals surface area contributed by atoms with Crippen molar-refractivity contribution in [2.24, 2.45) is 11.7 Å². The van der Waals surface area contributed by atoms with Gasteiger partial charge in [-0.05, 0) is 25.3 Å². The largest absolute Gasteiger partial charge is 0.340 e. The van der Waals surface area contributed by atoms with Gasteiger partial charge in [-0.2, -0.15) is 0 Å². The number of amides is 1. The van der Waals surface area contributed by atoms with Crippen LogP contribution in [0.1, 0.15) is 41.2 Å². The summed E-state index contributed by atoms with van der Waals surface area (Å²) in [4.78, 5) is 18.3. The molecule has 4 nitrogen and oxygen atoms in total. The molecule has 0 radical (unpaired) electrons. The smallest absolute Gasteiger partial charge is 0.273 e. The molecular formula is C13H22ClN3OS. The van der Waals surface area contributed by atoms with Crippen LogP contribution in [0, 0.1) is 5.92 Å². The van der Waals surface area contributed by atoms with Gasteiger partial charge < -0.3 is 10.6 Å². The number of carbonyl (C=O) groups excluding carboxylic acids is 1. The van der Waals surface area contributed by atoms with Crippen molar-refractivity contribution in [3.63, 3.8) is 0 Å². The van der Waals surface area contributed by atoms with Gasteiger partial charge >= 0.3 is 0 Å². The number of carbonyl (C=O) groups is 1. The summed E-state index contributed by atoms with van der Waals surface area (Å²) >= 11 is 1.52. The molecule has 108 valence electrons. The molecule has 0 atom stereocenters. The van der Waals surface area contributed by atoms with Crippen molar-refractivity contribution in [2.75, 3.05) is 20.1 Å². The van der Waals surface area contributed by atoms with Crippen LogP contribution in [0.3, 0.4) is 0 Å². The third-order valence-corrected chi connectivity index (χ3v) is 4.39. The summed E-state index contributed by atoms with van der Waals surface area (Å²) in [5.41, 5.74) is 6.06. The van der Waals surface area contributed by atoms with Gasteiger partial charge in [-0.3, -0.25) is 4.79 Å². The Hall–Kier alpha value is -0.650. The van der Waals surface area contributed by atoms with Crippen LogP contribution in [0.25, 0.3) is 0 Å². The molecule has 0 spiro atoms. The highest BCUT2D eigenvalue weighted by Gasteiger charge is 2.21. The molecule has 1 aliphatic rings. The third-order valence-electron chi connectivity index (χ3n) is 3.48. The highest BCUT2D eigenvalue weighted by molar-refractivity contribution is 7.09. The zero-order valence-electron chi connectivity index (χ0n) is 11.3. The molecule has 1 aliphatic carbocycles. The molecule has 6 heteroatoms. The Morgan fingerprint density at radius 2 is 2.21 bits per heavy atom. The van der Waals surface area contributed by atoms with Gasteiger partial charge in [0.1, 0.15) is 5.69 Å². The first-order valence-electron chi connectivity index (χ1n) is 6.60. The molecule has 0 bridgehead atoms. The molecule has 0 saturated heterocycles. The van der Waals surface area contributed by atoms with Crippen LogP contribution in [0.15, 0.2) is 5.38 Å². The third kappa shape index (κ3) is 4.44. The van der Waals surface area contributed by atoms with Gasteiger partial charge in [-0.15, -0.1) is 23.7 Å². The lowest BCUT2D eigenvalue weighted by Gasteiger charge is -2.20. The summed E-state index contributed by atoms with van der Waals surface area (Å²) < 4.78 is 0. The van der Waals surface area contributed by atoms with Crippen molar-refractivity contribution in [1.29, 1.82) is 0 Å². The van der Waals surface area contributed by atoms with Crippen LogP contribution in [0.5, 0.6) is 0 Å². The number of aromatic nitrogens is 1. The lowest BCUT2D eigenvalue weighted by atomic mass is 10.1. The molecule has 1 aromatic heterocycles. The zero-order chi connectivity index (χ0) is 13.0. The van der Waals surface area contributed by atoms with E-state index in [4.69, 9.17) is 5.73 Å². The van der Waals surface area contributed by atoms with E-state index >= 15 is 0 Å². The first-order chi connectivity index (χ1) is 8.70. The Labute approximate surface area is 124 Å². The number of thiazole rings is 1. The number of nitrogens with two attached hydrogens (primary N) is 1. The number of hydrogen-bond donors (Lipinski definition) is 1. The minimum Gasteiger partial charge on any atom is -0.340 e. The molecule has 0 unspecified atom stereocenters. The van der Waals surface area contributed by atoms with Crippen LogP contribution in [0.2, 0.25) is 0 Å². The molecular weight excluding hydrogens is 282 g/mol. The van der Waals surface area contributed by atoms with Gasteiger partial charge in [-0.25, -0.2) is 4.98 Å². The summed E-state index contributed by atoms with van der Waals surface area (Å²) in [6, 6.07) is 0. The van der Waals surface area contributed by atoms with Crippen LogP contribution in [-0.2, 0) is 6.42 Å². The van der Waals surface area contributed by atoms with Gasteiger partial charge in [-0.1, -0.05) is 12.8 Å². The van der Waals surface area contributed by atoms with E-state index in [1.54, 1.807) is 0 Å². The summed E-state index contributed by atoms with van der Waals surface area (Å²) in [5, 5.41) is 2.80. The Morgan fingerprint density at radius 3 is 2.84 bits per heavy atom. The average Bonchev–Trinajstić information content (AvgIpc) is 3.00. The SMILES string of the molecule is CN(CC1CCCC1)C(=O)c1csc(CCN)n1.Cl. The van der Waals surface area contributed by atoms with E-state index in [9.17, 15) is 4.79 Å². The van der Waals surface area contributed by atoms with Crippen molar-refractivity contribution >= 4 is 29.7 Å². The first-order valence-corrected chi connectivity index (χ1v) is 7.48. The second kappa shape index (κ2) is 7.82. The van der Waals surface area contributed by atoms with Crippen molar-refractivity contribution < 1.29 is 4.79 Å². The maximum atomic E-state index is 12.2. The van der Waals surface area contributed by atoms with Crippen LogP contribution in [0.4, 0.5) is 0 Å². The molecule has 1 saturated carbocycles. The number of rotatable bonds is 5. The maximum absolute atomic E-state index is 12.2. The summed E-state index contributed by atoms with van der Waals surface area (Å²) in [5.74, 6) is 0.725. The molecule has 0 aromatic carbocycles. The summed E-state index contributed by atoms with van der Waals surface area (Å²) in [7, 11) is 1.88. The van der Waals surface area contributed by atoms with E-state index in [0.29, 0.717) is 18.2 Å². The zero-order valence-corrected chi connectivity index (χ0v) is 12.9. The lowest BCUT2D eigenvalue weighted by Crippen LogP contribution is -2.31. The van der Waals surface area contributed by atoms with Crippen LogP contribution < -0.4 is 5.73 Å². The highest BCUT2D eigenvalue weighted by atomic mass is 35.5. The highest BCUT2D eigenvalue weighted by Crippen LogP contribution is 2.25. The van der Waals surface area contributed by atoms with E-state index in [1.165, 1.54) is 37.0 Å². The molecule has 2 rings (SSSR count). The van der Waals surface area contributed by atoms with Crippen LogP contribution in [-0.4, -0.2) is 35.9 Å². The quantitative estimate of drug-likeness (QED) is 0.908. The molecule has 2 N–H and O–H groups in total. The molecule has 1 heterocycles. The van der Waals surface area contributed by atoms with E-state index in [0.717, 1.165) is 18.0 Å². The molecule has 1 fully saturated rings. The van der Waals surface area contributed by atoms with Crippen molar-refractivity contribution in [1.82, 2.24) is 9.88 Å². The van der Waals surface area contributed by atoms with Gasteiger partial charge in [0, 0.05) is 25.4 Å². The lowest BCUT2D eigenvalue weighted by molar-refractivity contribution is 0.0768. The maximum Gasteiger partial charge on any atom is 0.273 e. The fourth-order valence-corrected chi connectivity index (χ4v) is 3.29. The second-order valence-electron chi connectivity index (χ2n) is 5.00. The minimum absolute atomic E-state index is 0. The Kier molecular flexibility index (Phi) is 6.75. The van der Waals surface area contributed by atoms with E-state index in [-0.39, 0.29) is 18.3 Å². The predicted octanol–water partition coefficient (Wildman–Crippen LogP) is 2.33. The number of hydrogen-bond acceptors (Lipinski definition) is 4. The summed E-state index contributed by atoms with van der Waals surface area (Å²) in [6.07, 6.45) is 5.89. The normalized spacial score (nSPS) is 15.3.